The Bertz CT molecular complexity index is 652. The summed E-state index contributed by atoms with van der Waals surface area (Å²) < 4.78 is 9.84. The molecule has 2 rings (SSSR count). The summed E-state index contributed by atoms with van der Waals surface area (Å²) in [7, 11) is 1.48. The zero-order chi connectivity index (χ0) is 15.9. The number of rotatable bonds is 7. The highest BCUT2D eigenvalue weighted by Crippen LogP contribution is 2.20. The van der Waals surface area contributed by atoms with Crippen molar-refractivity contribution >= 4 is 11.9 Å². The van der Waals surface area contributed by atoms with Gasteiger partial charge in [-0.05, 0) is 24.1 Å². The second kappa shape index (κ2) is 7.26. The van der Waals surface area contributed by atoms with E-state index in [9.17, 15) is 9.59 Å². The molecule has 2 N–H and O–H groups in total. The molecule has 0 saturated carbocycles. The highest BCUT2D eigenvalue weighted by atomic mass is 16.5. The third-order valence-electron chi connectivity index (χ3n) is 3.08. The van der Waals surface area contributed by atoms with Crippen molar-refractivity contribution in [3.8, 4) is 5.75 Å². The van der Waals surface area contributed by atoms with E-state index in [1.807, 2.05) is 0 Å². The number of aromatic carboxylic acids is 1. The molecule has 1 amide bonds. The van der Waals surface area contributed by atoms with Crippen molar-refractivity contribution in [2.24, 2.45) is 0 Å². The number of hydrogen-bond donors (Lipinski definition) is 2. The zero-order valence-corrected chi connectivity index (χ0v) is 12.0. The van der Waals surface area contributed by atoms with Crippen molar-refractivity contribution in [1.29, 1.82) is 0 Å². The lowest BCUT2D eigenvalue weighted by molar-refractivity contribution is -0.120. The van der Waals surface area contributed by atoms with Crippen LogP contribution in [-0.2, 0) is 17.6 Å². The van der Waals surface area contributed by atoms with Gasteiger partial charge in [-0.2, -0.15) is 0 Å². The van der Waals surface area contributed by atoms with Crippen LogP contribution in [-0.4, -0.2) is 35.8 Å². The molecule has 0 aliphatic heterocycles. The molecule has 0 radical (unpaired) electrons. The molecule has 1 heterocycles. The van der Waals surface area contributed by atoms with Gasteiger partial charge in [0.1, 0.15) is 12.0 Å². The van der Waals surface area contributed by atoms with Crippen LogP contribution in [0, 0.1) is 0 Å². The van der Waals surface area contributed by atoms with Crippen molar-refractivity contribution in [3.05, 3.63) is 47.3 Å². The minimum absolute atomic E-state index is 0.157. The Morgan fingerprint density at radius 3 is 2.82 bits per heavy atom. The average molecular weight is 304 g/mol. The molecule has 0 unspecified atom stereocenters. The molecular formula is C15H16N2O5. The van der Waals surface area contributed by atoms with Gasteiger partial charge in [0.2, 0.25) is 5.91 Å². The van der Waals surface area contributed by atoms with E-state index in [0.717, 1.165) is 5.56 Å². The maximum atomic E-state index is 11.7. The van der Waals surface area contributed by atoms with Crippen LogP contribution in [0.4, 0.5) is 0 Å². The first kappa shape index (κ1) is 15.6. The molecule has 0 aliphatic rings. The second-order valence-electron chi connectivity index (χ2n) is 4.60. The third kappa shape index (κ3) is 4.08. The number of carbonyl (C=O) groups excluding carboxylic acids is 1. The predicted octanol–water partition coefficient (Wildman–Crippen LogP) is 1.28. The van der Waals surface area contributed by atoms with Gasteiger partial charge in [-0.1, -0.05) is 11.2 Å². The lowest BCUT2D eigenvalue weighted by Gasteiger charge is -2.10. The summed E-state index contributed by atoms with van der Waals surface area (Å²) in [6, 6.07) is 6.30. The summed E-state index contributed by atoms with van der Waals surface area (Å²) in [5.41, 5.74) is 1.56. The Hall–Kier alpha value is -2.83. The number of benzene rings is 1. The third-order valence-corrected chi connectivity index (χ3v) is 3.08. The number of hydrogen-bond acceptors (Lipinski definition) is 5. The molecule has 0 bridgehead atoms. The van der Waals surface area contributed by atoms with E-state index in [2.05, 4.69) is 15.0 Å². The van der Waals surface area contributed by atoms with Crippen LogP contribution in [0.2, 0.25) is 0 Å². The van der Waals surface area contributed by atoms with Gasteiger partial charge in [0, 0.05) is 12.6 Å². The molecule has 116 valence electrons. The lowest BCUT2D eigenvalue weighted by atomic mass is 10.1. The fourth-order valence-corrected chi connectivity index (χ4v) is 1.98. The quantitative estimate of drug-likeness (QED) is 0.799. The van der Waals surface area contributed by atoms with Crippen LogP contribution in [0.3, 0.4) is 0 Å². The number of carboxylic acids is 1. The average Bonchev–Trinajstić information content (AvgIpc) is 3.00. The zero-order valence-electron chi connectivity index (χ0n) is 12.0. The number of amides is 1. The van der Waals surface area contributed by atoms with Crippen molar-refractivity contribution in [3.63, 3.8) is 0 Å². The van der Waals surface area contributed by atoms with Crippen molar-refractivity contribution in [2.45, 2.75) is 12.8 Å². The van der Waals surface area contributed by atoms with Crippen LogP contribution in [0.25, 0.3) is 0 Å². The largest absolute Gasteiger partial charge is 0.496 e. The highest BCUT2D eigenvalue weighted by molar-refractivity contribution is 5.88. The summed E-state index contributed by atoms with van der Waals surface area (Å²) in [6.07, 6.45) is 2.11. The monoisotopic (exact) mass is 304 g/mol. The molecular weight excluding hydrogens is 288 g/mol. The molecule has 1 aromatic heterocycles. The van der Waals surface area contributed by atoms with E-state index in [1.165, 1.54) is 25.5 Å². The number of nitrogens with one attached hydrogen (secondary N) is 1. The van der Waals surface area contributed by atoms with E-state index < -0.39 is 5.97 Å². The first-order valence-corrected chi connectivity index (χ1v) is 6.66. The van der Waals surface area contributed by atoms with Gasteiger partial charge >= 0.3 is 5.97 Å². The van der Waals surface area contributed by atoms with Crippen molar-refractivity contribution < 1.29 is 24.0 Å². The highest BCUT2D eigenvalue weighted by Gasteiger charge is 2.10. The predicted molar refractivity (Wildman–Crippen MR) is 76.9 cm³/mol. The fourth-order valence-electron chi connectivity index (χ4n) is 1.98. The SMILES string of the molecule is COc1cc(C(=O)O)ccc1CCNC(=O)Cc1ccon1. The van der Waals surface area contributed by atoms with E-state index in [4.69, 9.17) is 9.84 Å². The van der Waals surface area contributed by atoms with Gasteiger partial charge < -0.3 is 19.7 Å². The summed E-state index contributed by atoms with van der Waals surface area (Å²) in [5, 5.41) is 15.4. The molecule has 0 fully saturated rings. The van der Waals surface area contributed by atoms with Crippen LogP contribution in [0.1, 0.15) is 21.6 Å². The number of carboxylic acid groups (broad SMARTS) is 1. The molecule has 0 saturated heterocycles. The number of carbonyl (C=O) groups is 2. The Kier molecular flexibility index (Phi) is 5.13. The van der Waals surface area contributed by atoms with E-state index in [1.54, 1.807) is 12.1 Å². The van der Waals surface area contributed by atoms with Crippen molar-refractivity contribution in [2.75, 3.05) is 13.7 Å². The van der Waals surface area contributed by atoms with Crippen LogP contribution >= 0.6 is 0 Å². The Labute approximate surface area is 126 Å². The molecule has 1 aromatic carbocycles. The minimum Gasteiger partial charge on any atom is -0.496 e. The van der Waals surface area contributed by atoms with Gasteiger partial charge in [-0.3, -0.25) is 4.79 Å². The molecule has 2 aromatic rings. The number of nitrogens with zero attached hydrogens (tertiary/aromatic N) is 1. The van der Waals surface area contributed by atoms with Crippen molar-refractivity contribution in [1.82, 2.24) is 10.5 Å². The molecule has 7 heteroatoms. The minimum atomic E-state index is -1.01. The summed E-state index contributed by atoms with van der Waals surface area (Å²) in [4.78, 5) is 22.6. The fraction of sp³-hybridized carbons (Fsp3) is 0.267. The first-order chi connectivity index (χ1) is 10.6. The van der Waals surface area contributed by atoms with Gasteiger partial charge in [0.15, 0.2) is 0 Å². The van der Waals surface area contributed by atoms with Gasteiger partial charge in [-0.25, -0.2) is 4.79 Å². The first-order valence-electron chi connectivity index (χ1n) is 6.66. The second-order valence-corrected chi connectivity index (χ2v) is 4.60. The Balaban J connectivity index is 1.88. The Morgan fingerprint density at radius 1 is 1.36 bits per heavy atom. The maximum Gasteiger partial charge on any atom is 0.335 e. The van der Waals surface area contributed by atoms with Gasteiger partial charge in [-0.15, -0.1) is 0 Å². The summed E-state index contributed by atoms with van der Waals surface area (Å²) in [5.74, 6) is -0.675. The van der Waals surface area contributed by atoms with Crippen LogP contribution in [0.5, 0.6) is 5.75 Å². The Morgan fingerprint density at radius 2 is 2.18 bits per heavy atom. The normalized spacial score (nSPS) is 10.2. The van der Waals surface area contributed by atoms with E-state index >= 15 is 0 Å². The molecule has 22 heavy (non-hydrogen) atoms. The lowest BCUT2D eigenvalue weighted by Crippen LogP contribution is -2.27. The summed E-state index contributed by atoms with van der Waals surface area (Å²) in [6.45, 7) is 0.416. The number of methoxy groups -OCH3 is 1. The molecule has 7 nitrogen and oxygen atoms in total. The van der Waals surface area contributed by atoms with Gasteiger partial charge in [0.25, 0.3) is 0 Å². The number of aromatic nitrogens is 1. The smallest absolute Gasteiger partial charge is 0.335 e. The van der Waals surface area contributed by atoms with Gasteiger partial charge in [0.05, 0.1) is 24.8 Å². The molecule has 0 spiro atoms. The van der Waals surface area contributed by atoms with E-state index in [-0.39, 0.29) is 17.9 Å². The summed E-state index contributed by atoms with van der Waals surface area (Å²) >= 11 is 0. The topological polar surface area (TPSA) is 102 Å². The van der Waals surface area contributed by atoms with Crippen LogP contribution in [0.15, 0.2) is 35.1 Å². The maximum absolute atomic E-state index is 11.7. The molecule has 0 atom stereocenters. The molecule has 0 aliphatic carbocycles. The number of ether oxygens (including phenoxy) is 1. The van der Waals surface area contributed by atoms with Crippen LogP contribution < -0.4 is 10.1 Å². The van der Waals surface area contributed by atoms with E-state index in [0.29, 0.717) is 24.4 Å². The standard InChI is InChI=1S/C15H16N2O5/c1-21-13-8-11(15(19)20)3-2-10(13)4-6-16-14(18)9-12-5-7-22-17-12/h2-3,5,7-8H,4,6,9H2,1H3,(H,16,18)(H,19,20).